The van der Waals surface area contributed by atoms with Crippen molar-refractivity contribution >= 4 is 71.1 Å². The lowest BCUT2D eigenvalue weighted by Gasteiger charge is -2.37. The molecule has 518 valence electrons. The maximum Gasteiger partial charge on any atom is 0.324 e. The first kappa shape index (κ1) is 83.6. The minimum absolute atomic E-state index is 0.0600. The zero-order chi connectivity index (χ0) is 69.8. The topological polar surface area (TPSA) is 306 Å². The van der Waals surface area contributed by atoms with Crippen molar-refractivity contribution in [3.05, 3.63) is 0 Å². The van der Waals surface area contributed by atoms with Crippen molar-refractivity contribution in [1.29, 1.82) is 0 Å². The number of urea groups is 1. The summed E-state index contributed by atoms with van der Waals surface area (Å²) in [5.41, 5.74) is 0. The SMILES string of the molecule is CNC(=O)[C@H](CC(C)C)N(C)C(=O)[C@H](CC(C)C)N(C)C[C@H](C)NC(=O)[C@@H](C)NC(=O)[C@H](CC(C)C)N(C)C(=O)[C@@H](NC(=O)[C@H](CC(C)C)N(C)C(=O)CN(C)C(=O)NC(=O)C([C@H](OC(C)=O)[C@H](C)CCCCCCNC(C)=O)N(C)C(=O)CC(C)C)C(C)C. The van der Waals surface area contributed by atoms with Gasteiger partial charge < -0.3 is 55.8 Å². The second-order valence-corrected chi connectivity index (χ2v) is 27.3. The Bertz CT molecular complexity index is 2350. The van der Waals surface area contributed by atoms with E-state index in [1.165, 1.54) is 68.6 Å². The van der Waals surface area contributed by atoms with E-state index in [-0.39, 0.29) is 73.1 Å². The molecule has 0 fully saturated rings. The van der Waals surface area contributed by atoms with Gasteiger partial charge in [0.15, 0.2) is 0 Å². The number of hydrogen-bond acceptors (Lipinski definition) is 14. The highest BCUT2D eigenvalue weighted by atomic mass is 16.5. The fourth-order valence-corrected chi connectivity index (χ4v) is 10.7. The van der Waals surface area contributed by atoms with E-state index in [1.807, 2.05) is 74.1 Å². The molecule has 6 N–H and O–H groups in total. The van der Waals surface area contributed by atoms with E-state index in [9.17, 15) is 57.5 Å². The molecule has 0 aliphatic carbocycles. The van der Waals surface area contributed by atoms with Crippen LogP contribution in [0.5, 0.6) is 0 Å². The molecule has 0 heterocycles. The number of hydrogen-bond donors (Lipinski definition) is 6. The van der Waals surface area contributed by atoms with E-state index in [1.54, 1.807) is 48.8 Å². The predicted octanol–water partition coefficient (Wildman–Crippen LogP) is 4.54. The summed E-state index contributed by atoms with van der Waals surface area (Å²) < 4.78 is 5.76. The Morgan fingerprint density at radius 3 is 1.43 bits per heavy atom. The third-order valence-corrected chi connectivity index (χ3v) is 15.9. The van der Waals surface area contributed by atoms with Gasteiger partial charge in [0.1, 0.15) is 48.9 Å². The zero-order valence-electron chi connectivity index (χ0n) is 59.4. The molecule has 12 amide bonds. The molecule has 0 rings (SSSR count). The number of likely N-dealkylation sites (N-methyl/N-ethyl adjacent to an activating group) is 7. The van der Waals surface area contributed by atoms with Gasteiger partial charge in [0.25, 0.3) is 5.91 Å². The molecule has 1 unspecified atom stereocenters. The van der Waals surface area contributed by atoms with Crippen molar-refractivity contribution < 1.29 is 62.3 Å². The molecule has 0 aromatic heterocycles. The summed E-state index contributed by atoms with van der Waals surface area (Å²) in [6.45, 7) is 30.6. The molecule has 90 heavy (non-hydrogen) atoms. The number of amides is 12. The molecule has 0 spiro atoms. The number of imide groups is 1. The van der Waals surface area contributed by atoms with E-state index in [0.29, 0.717) is 32.2 Å². The van der Waals surface area contributed by atoms with Gasteiger partial charge in [0, 0.05) is 81.7 Å². The van der Waals surface area contributed by atoms with Crippen LogP contribution in [0.3, 0.4) is 0 Å². The monoisotopic (exact) mass is 1280 g/mol. The van der Waals surface area contributed by atoms with E-state index < -0.39 is 126 Å². The number of nitrogens with one attached hydrogen (secondary N) is 6. The molecular weight excluding hydrogens is 1160 g/mol. The molecule has 0 aliphatic rings. The highest BCUT2D eigenvalue weighted by Gasteiger charge is 2.42. The van der Waals surface area contributed by atoms with E-state index in [4.69, 9.17) is 4.74 Å². The van der Waals surface area contributed by atoms with Crippen LogP contribution in [-0.4, -0.2) is 224 Å². The average Bonchev–Trinajstić information content (AvgIpc) is 0.899. The summed E-state index contributed by atoms with van der Waals surface area (Å²) in [6, 6.07) is -8.66. The van der Waals surface area contributed by atoms with Gasteiger partial charge in [-0.05, 0) is 101 Å². The van der Waals surface area contributed by atoms with Crippen LogP contribution in [0, 0.1) is 41.4 Å². The maximum atomic E-state index is 14.6. The van der Waals surface area contributed by atoms with Gasteiger partial charge in [-0.3, -0.25) is 63.0 Å². The number of rotatable bonds is 40. The molecule has 0 bridgehead atoms. The molecule has 0 aromatic rings. The van der Waals surface area contributed by atoms with Crippen LogP contribution in [0.2, 0.25) is 0 Å². The molecule has 0 radical (unpaired) electrons. The van der Waals surface area contributed by atoms with Gasteiger partial charge >= 0.3 is 12.0 Å². The van der Waals surface area contributed by atoms with Crippen LogP contribution in [0.15, 0.2) is 0 Å². The molecule has 10 atom stereocenters. The van der Waals surface area contributed by atoms with Crippen molar-refractivity contribution in [2.45, 2.75) is 236 Å². The Balaban J connectivity index is 6.51. The van der Waals surface area contributed by atoms with Crippen molar-refractivity contribution in [3.8, 4) is 0 Å². The Kier molecular flexibility index (Phi) is 38.2. The van der Waals surface area contributed by atoms with Crippen LogP contribution in [0.1, 0.15) is 182 Å². The third-order valence-electron chi connectivity index (χ3n) is 15.9. The minimum atomic E-state index is -1.44. The largest absolute Gasteiger partial charge is 0.460 e. The molecule has 0 saturated carbocycles. The first-order valence-corrected chi connectivity index (χ1v) is 32.5. The van der Waals surface area contributed by atoms with Crippen molar-refractivity contribution in [2.75, 3.05) is 69.0 Å². The first-order chi connectivity index (χ1) is 41.6. The second-order valence-electron chi connectivity index (χ2n) is 27.3. The fourth-order valence-electron chi connectivity index (χ4n) is 10.7. The normalized spacial score (nSPS) is 14.9. The van der Waals surface area contributed by atoms with Crippen LogP contribution in [-0.2, 0) is 57.5 Å². The van der Waals surface area contributed by atoms with Gasteiger partial charge in [0.2, 0.25) is 53.2 Å². The van der Waals surface area contributed by atoms with Crippen LogP contribution >= 0.6 is 0 Å². The maximum absolute atomic E-state index is 14.6. The molecule has 25 heteroatoms. The molecular formula is C65H120N12O13. The molecule has 25 nitrogen and oxygen atoms in total. The lowest BCUT2D eigenvalue weighted by Crippen LogP contribution is -2.60. The zero-order valence-corrected chi connectivity index (χ0v) is 59.4. The minimum Gasteiger partial charge on any atom is -0.460 e. The highest BCUT2D eigenvalue weighted by Crippen LogP contribution is 2.25. The molecule has 0 aliphatic heterocycles. The third kappa shape index (κ3) is 29.7. The van der Waals surface area contributed by atoms with Gasteiger partial charge in [-0.1, -0.05) is 109 Å². The number of ether oxygens (including phenoxy) is 1. The predicted molar refractivity (Wildman–Crippen MR) is 349 cm³/mol. The quantitative estimate of drug-likeness (QED) is 0.0363. The summed E-state index contributed by atoms with van der Waals surface area (Å²) in [6.07, 6.45) is 3.78. The summed E-state index contributed by atoms with van der Waals surface area (Å²) >= 11 is 0. The fraction of sp³-hybridized carbons (Fsp3) is 0.815. The standard InChI is InChI=1S/C65H120N12O13/c1-38(2)31-49(59(83)66-18)75(22)63(87)52(34-41(7)8)72(19)36-45(14)68-58(82)46(15)69-60(84)51(33-40(5)6)76(23)64(88)55(43(11)12)70-61(85)50(32-39(3)4)74(21)54(81)37-73(20)65(89)71-62(86)56(77(24)53(80)35-42(9)10)57(90-48(17)79)44(13)29-27-25-26-28-30-67-47(16)78/h38-46,49-52,55-57H,25-37H2,1-24H3,(H,66,83)(H,67,78)(H,68,82)(H,69,84)(H,70,85)(H,71,86,89)/t44-,45+,46-,49+,50+,51+,52+,55+,56?,57-/m1/s1. The van der Waals surface area contributed by atoms with Crippen LogP contribution in [0.4, 0.5) is 4.79 Å². The van der Waals surface area contributed by atoms with E-state index in [0.717, 1.165) is 24.2 Å². The number of esters is 1. The average molecular weight is 1280 g/mol. The van der Waals surface area contributed by atoms with Crippen molar-refractivity contribution in [3.63, 3.8) is 0 Å². The highest BCUT2D eigenvalue weighted by molar-refractivity contribution is 6.00. The molecule has 0 saturated heterocycles. The Morgan fingerprint density at radius 2 is 0.956 bits per heavy atom. The first-order valence-electron chi connectivity index (χ1n) is 32.5. The number of nitrogens with zero attached hydrogens (tertiary/aromatic N) is 6. The Morgan fingerprint density at radius 1 is 0.478 bits per heavy atom. The van der Waals surface area contributed by atoms with Gasteiger partial charge in [-0.2, -0.15) is 0 Å². The van der Waals surface area contributed by atoms with E-state index in [2.05, 4.69) is 31.9 Å². The van der Waals surface area contributed by atoms with Crippen molar-refractivity contribution in [1.82, 2.24) is 61.3 Å². The van der Waals surface area contributed by atoms with Gasteiger partial charge in [0.05, 0.1) is 6.04 Å². The Labute approximate surface area is 539 Å². The summed E-state index contributed by atoms with van der Waals surface area (Å²) in [5.74, 6) is -6.70. The summed E-state index contributed by atoms with van der Waals surface area (Å²) in [7, 11) is 10.5. The smallest absolute Gasteiger partial charge is 0.324 e. The van der Waals surface area contributed by atoms with Crippen LogP contribution in [0.25, 0.3) is 0 Å². The number of carbonyl (C=O) groups is 12. The second kappa shape index (κ2) is 41.2. The number of unbranched alkanes of at least 4 members (excludes halogenated alkanes) is 3. The van der Waals surface area contributed by atoms with E-state index >= 15 is 0 Å². The van der Waals surface area contributed by atoms with Gasteiger partial charge in [-0.25, -0.2) is 4.79 Å². The summed E-state index contributed by atoms with van der Waals surface area (Å²) in [4.78, 5) is 172. The number of carbonyl (C=O) groups excluding carboxylic acids is 12. The summed E-state index contributed by atoms with van der Waals surface area (Å²) in [5, 5.41) is 16.4. The lowest BCUT2D eigenvalue weighted by molar-refractivity contribution is -0.160. The van der Waals surface area contributed by atoms with Crippen LogP contribution < -0.4 is 31.9 Å². The Hall–Kier alpha value is -6.40. The molecule has 0 aromatic carbocycles. The van der Waals surface area contributed by atoms with Crippen molar-refractivity contribution in [2.24, 2.45) is 41.4 Å². The lowest BCUT2D eigenvalue weighted by atomic mass is 9.90. The van der Waals surface area contributed by atoms with Gasteiger partial charge in [-0.15, -0.1) is 0 Å².